The van der Waals surface area contributed by atoms with Crippen molar-refractivity contribution in [2.45, 2.75) is 20.8 Å². The quantitative estimate of drug-likeness (QED) is 0.698. The molecule has 0 aliphatic heterocycles. The molecule has 0 unspecified atom stereocenters. The van der Waals surface area contributed by atoms with Crippen molar-refractivity contribution in [2.75, 3.05) is 11.9 Å². The maximum atomic E-state index is 12.1. The lowest BCUT2D eigenvalue weighted by molar-refractivity contribution is 0.0914. The molecule has 1 amide bonds. The second-order valence-corrected chi connectivity index (χ2v) is 6.33. The molecule has 0 aromatic carbocycles. The minimum Gasteiger partial charge on any atom is -0.440 e. The lowest BCUT2D eigenvalue weighted by atomic mass is 10.2. The molecule has 2 N–H and O–H groups in total. The summed E-state index contributed by atoms with van der Waals surface area (Å²) in [6.45, 7) is 6.46. The summed E-state index contributed by atoms with van der Waals surface area (Å²) in [5.74, 6) is 1.18. The van der Waals surface area contributed by atoms with Crippen LogP contribution in [0.2, 0.25) is 0 Å². The number of aryl methyl sites for hydroxylation is 2. The first kappa shape index (κ1) is 17.6. The fourth-order valence-corrected chi connectivity index (χ4v) is 2.23. The smallest absolute Gasteiger partial charge is 0.307 e. The average Bonchev–Trinajstić information content (AvgIpc) is 3.24. The van der Waals surface area contributed by atoms with E-state index in [2.05, 4.69) is 30.7 Å². The molecule has 9 nitrogen and oxygen atoms in total. The molecule has 0 spiro atoms. The number of amides is 1. The Hall–Kier alpha value is -3.23. The van der Waals surface area contributed by atoms with Gasteiger partial charge in [-0.3, -0.25) is 9.48 Å². The topological polar surface area (TPSA) is 111 Å². The van der Waals surface area contributed by atoms with E-state index < -0.39 is 0 Å². The monoisotopic (exact) mass is 355 g/mol. The Bertz CT molecular complexity index is 913. The molecule has 9 heteroatoms. The fourth-order valence-electron chi connectivity index (χ4n) is 2.23. The Morgan fingerprint density at radius 3 is 2.85 bits per heavy atom. The van der Waals surface area contributed by atoms with Gasteiger partial charge in [0.15, 0.2) is 0 Å². The molecule has 0 saturated carbocycles. The zero-order valence-electron chi connectivity index (χ0n) is 15.1. The highest BCUT2D eigenvalue weighted by Crippen LogP contribution is 2.22. The van der Waals surface area contributed by atoms with Crippen LogP contribution in [0.1, 0.15) is 30.1 Å². The highest BCUT2D eigenvalue weighted by molar-refractivity contribution is 5.90. The Kier molecular flexibility index (Phi) is 4.97. The molecule has 0 fully saturated rings. The predicted molar refractivity (Wildman–Crippen MR) is 95.9 cm³/mol. The van der Waals surface area contributed by atoms with Gasteiger partial charge in [0.25, 0.3) is 5.89 Å². The van der Waals surface area contributed by atoms with E-state index in [9.17, 15) is 4.79 Å². The van der Waals surface area contributed by atoms with E-state index >= 15 is 0 Å². The average molecular weight is 355 g/mol. The van der Waals surface area contributed by atoms with E-state index in [0.29, 0.717) is 29.8 Å². The summed E-state index contributed by atoms with van der Waals surface area (Å²) >= 11 is 0. The lowest BCUT2D eigenvalue weighted by Gasteiger charge is -2.07. The van der Waals surface area contributed by atoms with Gasteiger partial charge in [-0.05, 0) is 18.4 Å². The van der Waals surface area contributed by atoms with Gasteiger partial charge in [-0.15, -0.1) is 0 Å². The number of nitrogens with zero attached hydrogens (tertiary/aromatic N) is 5. The zero-order chi connectivity index (χ0) is 18.7. The van der Waals surface area contributed by atoms with Crippen LogP contribution in [0.15, 0.2) is 29.1 Å². The lowest BCUT2D eigenvalue weighted by Crippen LogP contribution is -2.27. The first-order valence-electron chi connectivity index (χ1n) is 8.27. The number of nitrogens with one attached hydrogen (secondary N) is 2. The predicted octanol–water partition coefficient (Wildman–Crippen LogP) is 2.30. The second-order valence-electron chi connectivity index (χ2n) is 6.33. The fraction of sp³-hybridized carbons (Fsp3) is 0.353. The van der Waals surface area contributed by atoms with Crippen LogP contribution in [-0.2, 0) is 7.05 Å². The van der Waals surface area contributed by atoms with Crippen molar-refractivity contribution < 1.29 is 9.21 Å². The van der Waals surface area contributed by atoms with Crippen LogP contribution in [0.5, 0.6) is 0 Å². The van der Waals surface area contributed by atoms with Crippen LogP contribution in [-0.4, -0.2) is 37.2 Å². The highest BCUT2D eigenvalue weighted by atomic mass is 16.4. The summed E-state index contributed by atoms with van der Waals surface area (Å²) < 4.78 is 6.99. The summed E-state index contributed by atoms with van der Waals surface area (Å²) in [7, 11) is 1.82. The molecule has 0 atom stereocenters. The van der Waals surface area contributed by atoms with Crippen molar-refractivity contribution in [1.29, 1.82) is 0 Å². The maximum Gasteiger partial charge on any atom is 0.307 e. The number of anilines is 2. The van der Waals surface area contributed by atoms with Crippen molar-refractivity contribution in [3.05, 3.63) is 36.2 Å². The molecule has 0 bridgehead atoms. The number of hydrogen-bond acceptors (Lipinski definition) is 7. The Balaban J connectivity index is 1.82. The van der Waals surface area contributed by atoms with Gasteiger partial charge in [0.05, 0.1) is 6.20 Å². The SMILES string of the molecule is Cc1cnc(Nc2ccnn2C)nc1-c1coc(C(=O)NCC(C)C)n1. The van der Waals surface area contributed by atoms with Crippen molar-refractivity contribution in [1.82, 2.24) is 30.0 Å². The zero-order valence-corrected chi connectivity index (χ0v) is 15.1. The number of hydrogen-bond donors (Lipinski definition) is 2. The molecule has 0 aliphatic rings. The van der Waals surface area contributed by atoms with Gasteiger partial charge in [-0.1, -0.05) is 13.8 Å². The number of carbonyl (C=O) groups is 1. The van der Waals surface area contributed by atoms with Crippen LogP contribution in [0.25, 0.3) is 11.4 Å². The van der Waals surface area contributed by atoms with Gasteiger partial charge in [-0.2, -0.15) is 5.10 Å². The molecular weight excluding hydrogens is 334 g/mol. The van der Waals surface area contributed by atoms with Crippen molar-refractivity contribution in [3.63, 3.8) is 0 Å². The maximum absolute atomic E-state index is 12.1. The van der Waals surface area contributed by atoms with Gasteiger partial charge >= 0.3 is 5.91 Å². The minimum atomic E-state index is -0.343. The second kappa shape index (κ2) is 7.34. The summed E-state index contributed by atoms with van der Waals surface area (Å²) in [6, 6.07) is 1.82. The van der Waals surface area contributed by atoms with E-state index in [0.717, 1.165) is 11.4 Å². The molecule has 0 saturated heterocycles. The van der Waals surface area contributed by atoms with E-state index in [4.69, 9.17) is 4.42 Å². The normalized spacial score (nSPS) is 11.0. The summed E-state index contributed by atoms with van der Waals surface area (Å²) in [4.78, 5) is 25.1. The van der Waals surface area contributed by atoms with Crippen molar-refractivity contribution >= 4 is 17.7 Å². The number of oxazole rings is 1. The first-order chi connectivity index (χ1) is 12.4. The minimum absolute atomic E-state index is 0.0137. The van der Waals surface area contributed by atoms with E-state index in [1.807, 2.05) is 33.9 Å². The first-order valence-corrected chi connectivity index (χ1v) is 8.27. The molecule has 136 valence electrons. The van der Waals surface area contributed by atoms with Gasteiger partial charge in [0.1, 0.15) is 23.5 Å². The third-order valence-corrected chi connectivity index (χ3v) is 3.64. The van der Waals surface area contributed by atoms with Gasteiger partial charge < -0.3 is 15.1 Å². The number of aromatic nitrogens is 5. The molecule has 0 aliphatic carbocycles. The molecule has 0 radical (unpaired) electrons. The van der Waals surface area contributed by atoms with Crippen LogP contribution < -0.4 is 10.6 Å². The van der Waals surface area contributed by atoms with Crippen molar-refractivity contribution in [3.8, 4) is 11.4 Å². The van der Waals surface area contributed by atoms with Gasteiger partial charge in [0, 0.05) is 25.9 Å². The van der Waals surface area contributed by atoms with E-state index in [1.54, 1.807) is 17.1 Å². The third-order valence-electron chi connectivity index (χ3n) is 3.64. The number of carbonyl (C=O) groups excluding carboxylic acids is 1. The molecule has 3 aromatic rings. The van der Waals surface area contributed by atoms with Crippen molar-refractivity contribution in [2.24, 2.45) is 13.0 Å². The van der Waals surface area contributed by atoms with E-state index in [1.165, 1.54) is 6.26 Å². The summed E-state index contributed by atoms with van der Waals surface area (Å²) in [6.07, 6.45) is 4.79. The summed E-state index contributed by atoms with van der Waals surface area (Å²) in [5.41, 5.74) is 1.90. The Morgan fingerprint density at radius 2 is 2.15 bits per heavy atom. The van der Waals surface area contributed by atoms with Crippen LogP contribution in [0.3, 0.4) is 0 Å². The summed E-state index contributed by atoms with van der Waals surface area (Å²) in [5, 5.41) is 9.96. The Labute approximate surface area is 150 Å². The molecule has 3 heterocycles. The van der Waals surface area contributed by atoms with Crippen LogP contribution >= 0.6 is 0 Å². The van der Waals surface area contributed by atoms with Crippen LogP contribution in [0, 0.1) is 12.8 Å². The van der Waals surface area contributed by atoms with Crippen LogP contribution in [0.4, 0.5) is 11.8 Å². The largest absolute Gasteiger partial charge is 0.440 e. The van der Waals surface area contributed by atoms with Gasteiger partial charge in [-0.25, -0.2) is 15.0 Å². The molecular formula is C17H21N7O2. The third kappa shape index (κ3) is 3.88. The van der Waals surface area contributed by atoms with E-state index in [-0.39, 0.29) is 11.8 Å². The number of rotatable bonds is 6. The molecule has 26 heavy (non-hydrogen) atoms. The highest BCUT2D eigenvalue weighted by Gasteiger charge is 2.17. The standard InChI is InChI=1S/C17H21N7O2/c1-10(2)7-18-15(25)16-21-12(9-26-16)14-11(3)8-19-17(23-14)22-13-5-6-20-24(13)4/h5-6,8-10H,7H2,1-4H3,(H,18,25)(H,19,22,23). The van der Waals surface area contributed by atoms with Gasteiger partial charge in [0.2, 0.25) is 5.95 Å². The molecule has 3 aromatic heterocycles. The Morgan fingerprint density at radius 1 is 1.35 bits per heavy atom. The molecule has 3 rings (SSSR count).